The molecule has 0 heterocycles. The number of nitrogens with zero attached hydrogens (tertiary/aromatic N) is 2. The summed E-state index contributed by atoms with van der Waals surface area (Å²) in [5.41, 5.74) is 4.28. The van der Waals surface area contributed by atoms with E-state index in [0.717, 1.165) is 13.0 Å². The molecule has 1 aliphatic carbocycles. The zero-order valence-corrected chi connectivity index (χ0v) is 19.6. The summed E-state index contributed by atoms with van der Waals surface area (Å²) in [6.45, 7) is 4.76. The normalized spacial score (nSPS) is 19.5. The Morgan fingerprint density at radius 1 is 1.03 bits per heavy atom. The molecule has 0 N–H and O–H groups in total. The molecule has 0 aliphatic heterocycles. The van der Waals surface area contributed by atoms with Crippen LogP contribution >= 0.6 is 11.6 Å². The van der Waals surface area contributed by atoms with Crippen LogP contribution in [-0.4, -0.2) is 23.4 Å². The van der Waals surface area contributed by atoms with E-state index in [1.165, 1.54) is 62.1 Å². The highest BCUT2D eigenvalue weighted by atomic mass is 35.5. The summed E-state index contributed by atoms with van der Waals surface area (Å²) in [6, 6.07) is 22.5. The van der Waals surface area contributed by atoms with Crippen LogP contribution in [0.25, 0.3) is 0 Å². The molecule has 2 aromatic carbocycles. The first-order chi connectivity index (χ1) is 14.6. The number of hydrogen-bond acceptors (Lipinski definition) is 2. The quantitative estimate of drug-likeness (QED) is 0.415. The maximum absolute atomic E-state index is 7.32. The first-order valence-electron chi connectivity index (χ1n) is 11.4. The standard InChI is InChI=1S/C25H34ClN.C2H3N/c1-3-23(27(2)19-21-9-5-4-6-10-21)18-15-20-13-16-22(17-14-20)24-11-7-8-12-25(24)26;1-2-3/h4-6,9-10,13-14,16-17,23-25H,3,7-8,11-12,15,18-19H2,1-2H3;1H3. The minimum absolute atomic E-state index is 0.320. The third-order valence-electron chi connectivity index (χ3n) is 6.23. The second kappa shape index (κ2) is 13.5. The summed E-state index contributed by atoms with van der Waals surface area (Å²) >= 11 is 6.57. The zero-order chi connectivity index (χ0) is 21.8. The average molecular weight is 425 g/mol. The van der Waals surface area contributed by atoms with E-state index in [1.54, 1.807) is 6.07 Å². The second-order valence-electron chi connectivity index (χ2n) is 8.37. The van der Waals surface area contributed by atoms with Crippen LogP contribution in [0.15, 0.2) is 54.6 Å². The molecule has 2 aromatic rings. The molecule has 1 aliphatic rings. The predicted molar refractivity (Wildman–Crippen MR) is 129 cm³/mol. The van der Waals surface area contributed by atoms with Crippen LogP contribution in [0.5, 0.6) is 0 Å². The van der Waals surface area contributed by atoms with Crippen molar-refractivity contribution < 1.29 is 0 Å². The van der Waals surface area contributed by atoms with Crippen molar-refractivity contribution in [1.82, 2.24) is 4.90 Å². The number of halogens is 1. The molecule has 30 heavy (non-hydrogen) atoms. The fourth-order valence-corrected chi connectivity index (χ4v) is 4.89. The Bertz CT molecular complexity index is 751. The fourth-order valence-electron chi connectivity index (χ4n) is 4.46. The third-order valence-corrected chi connectivity index (χ3v) is 6.75. The van der Waals surface area contributed by atoms with Crippen molar-refractivity contribution in [3.05, 3.63) is 71.3 Å². The van der Waals surface area contributed by atoms with Gasteiger partial charge in [-0.1, -0.05) is 74.4 Å². The molecule has 0 bridgehead atoms. The first kappa shape index (κ1) is 24.4. The summed E-state index contributed by atoms with van der Waals surface area (Å²) in [5, 5.41) is 7.64. The van der Waals surface area contributed by atoms with E-state index < -0.39 is 0 Å². The molecule has 0 saturated heterocycles. The third kappa shape index (κ3) is 7.78. The summed E-state index contributed by atoms with van der Waals surface area (Å²) in [7, 11) is 2.26. The SMILES string of the molecule is CC#N.CCC(CCc1ccc(C2CCCCC2Cl)cc1)N(C)Cc1ccccc1. The summed E-state index contributed by atoms with van der Waals surface area (Å²) in [5.74, 6) is 0.551. The van der Waals surface area contributed by atoms with Gasteiger partial charge in [0.05, 0.1) is 6.07 Å². The molecule has 3 atom stereocenters. The molecule has 0 radical (unpaired) electrons. The Labute approximate surface area is 188 Å². The van der Waals surface area contributed by atoms with Gasteiger partial charge in [0.15, 0.2) is 0 Å². The molecule has 0 aromatic heterocycles. The van der Waals surface area contributed by atoms with Gasteiger partial charge in [0.1, 0.15) is 0 Å². The molecule has 0 spiro atoms. The Hall–Kier alpha value is -1.82. The van der Waals surface area contributed by atoms with Crippen LogP contribution in [0, 0.1) is 11.3 Å². The van der Waals surface area contributed by atoms with E-state index in [1.807, 2.05) is 0 Å². The van der Waals surface area contributed by atoms with Crippen molar-refractivity contribution in [2.45, 2.75) is 82.7 Å². The number of rotatable bonds is 8. The Balaban J connectivity index is 0.00000101. The molecule has 3 unspecified atom stereocenters. The second-order valence-corrected chi connectivity index (χ2v) is 8.93. The van der Waals surface area contributed by atoms with Gasteiger partial charge in [-0.15, -0.1) is 11.6 Å². The lowest BCUT2D eigenvalue weighted by atomic mass is 9.83. The van der Waals surface area contributed by atoms with Gasteiger partial charge < -0.3 is 0 Å². The smallest absolute Gasteiger partial charge is 0.0587 e. The van der Waals surface area contributed by atoms with Gasteiger partial charge in [0.25, 0.3) is 0 Å². The van der Waals surface area contributed by atoms with Gasteiger partial charge in [-0.3, -0.25) is 4.90 Å². The molecular weight excluding hydrogens is 388 g/mol. The lowest BCUT2D eigenvalue weighted by Crippen LogP contribution is -2.31. The van der Waals surface area contributed by atoms with Gasteiger partial charge in [0, 0.05) is 30.8 Å². The largest absolute Gasteiger partial charge is 0.299 e. The Morgan fingerprint density at radius 3 is 2.27 bits per heavy atom. The molecular formula is C27H37ClN2. The van der Waals surface area contributed by atoms with Gasteiger partial charge in [-0.2, -0.15) is 5.26 Å². The lowest BCUT2D eigenvalue weighted by molar-refractivity contribution is 0.216. The molecule has 0 amide bonds. The average Bonchev–Trinajstić information content (AvgIpc) is 2.76. The van der Waals surface area contributed by atoms with Crippen molar-refractivity contribution in [2.24, 2.45) is 0 Å². The van der Waals surface area contributed by atoms with Crippen molar-refractivity contribution in [3.8, 4) is 6.07 Å². The molecule has 3 heteroatoms. The molecule has 1 saturated carbocycles. The van der Waals surface area contributed by atoms with E-state index in [2.05, 4.69) is 73.5 Å². The van der Waals surface area contributed by atoms with Crippen molar-refractivity contribution in [3.63, 3.8) is 0 Å². The minimum Gasteiger partial charge on any atom is -0.299 e. The van der Waals surface area contributed by atoms with E-state index in [4.69, 9.17) is 16.9 Å². The summed E-state index contributed by atoms with van der Waals surface area (Å²) < 4.78 is 0. The highest BCUT2D eigenvalue weighted by molar-refractivity contribution is 6.21. The van der Waals surface area contributed by atoms with Crippen LogP contribution < -0.4 is 0 Å². The highest BCUT2D eigenvalue weighted by Crippen LogP contribution is 2.36. The van der Waals surface area contributed by atoms with Gasteiger partial charge in [-0.05, 0) is 55.8 Å². The van der Waals surface area contributed by atoms with E-state index in [0.29, 0.717) is 17.3 Å². The Kier molecular flexibility index (Phi) is 11.0. The molecule has 162 valence electrons. The van der Waals surface area contributed by atoms with E-state index >= 15 is 0 Å². The molecule has 1 fully saturated rings. The molecule has 3 rings (SSSR count). The van der Waals surface area contributed by atoms with Crippen LogP contribution in [0.1, 0.15) is 75.0 Å². The maximum atomic E-state index is 7.32. The zero-order valence-electron chi connectivity index (χ0n) is 18.9. The van der Waals surface area contributed by atoms with Crippen LogP contribution in [0.3, 0.4) is 0 Å². The van der Waals surface area contributed by atoms with Gasteiger partial charge >= 0.3 is 0 Å². The lowest BCUT2D eigenvalue weighted by Gasteiger charge is -2.28. The van der Waals surface area contributed by atoms with Crippen LogP contribution in [-0.2, 0) is 13.0 Å². The van der Waals surface area contributed by atoms with Crippen LogP contribution in [0.4, 0.5) is 0 Å². The Morgan fingerprint density at radius 2 is 1.67 bits per heavy atom. The van der Waals surface area contributed by atoms with Gasteiger partial charge in [0.2, 0.25) is 0 Å². The maximum Gasteiger partial charge on any atom is 0.0587 e. The monoisotopic (exact) mass is 424 g/mol. The van der Waals surface area contributed by atoms with E-state index in [-0.39, 0.29) is 0 Å². The number of hydrogen-bond donors (Lipinski definition) is 0. The van der Waals surface area contributed by atoms with Crippen molar-refractivity contribution in [1.29, 1.82) is 5.26 Å². The van der Waals surface area contributed by atoms with E-state index in [9.17, 15) is 0 Å². The number of benzene rings is 2. The first-order valence-corrected chi connectivity index (χ1v) is 11.8. The predicted octanol–water partition coefficient (Wildman–Crippen LogP) is 7.32. The van der Waals surface area contributed by atoms with Crippen LogP contribution in [0.2, 0.25) is 0 Å². The highest BCUT2D eigenvalue weighted by Gasteiger charge is 2.24. The van der Waals surface area contributed by atoms with Crippen molar-refractivity contribution in [2.75, 3.05) is 7.05 Å². The summed E-state index contributed by atoms with van der Waals surface area (Å²) in [4.78, 5) is 2.50. The fraction of sp³-hybridized carbons (Fsp3) is 0.519. The number of nitriles is 1. The summed E-state index contributed by atoms with van der Waals surface area (Å²) in [6.07, 6.45) is 8.57. The van der Waals surface area contributed by atoms with Crippen molar-refractivity contribution >= 4 is 11.6 Å². The number of aryl methyl sites for hydroxylation is 1. The molecule has 2 nitrogen and oxygen atoms in total. The number of alkyl halides is 1. The topological polar surface area (TPSA) is 27.0 Å². The van der Waals surface area contributed by atoms with Gasteiger partial charge in [-0.25, -0.2) is 0 Å². The minimum atomic E-state index is 0.320.